The lowest BCUT2D eigenvalue weighted by atomic mass is 9.97. The number of methoxy groups -OCH3 is 1. The summed E-state index contributed by atoms with van der Waals surface area (Å²) in [6.07, 6.45) is 8.88. The summed E-state index contributed by atoms with van der Waals surface area (Å²) in [4.78, 5) is 24.9. The highest BCUT2D eigenvalue weighted by Gasteiger charge is 2.33. The summed E-state index contributed by atoms with van der Waals surface area (Å²) >= 11 is 1.47. The molecule has 1 aromatic carbocycles. The largest absolute Gasteiger partial charge is 0.496 e. The molecule has 196 valence electrons. The van der Waals surface area contributed by atoms with Gasteiger partial charge in [-0.2, -0.15) is 0 Å². The van der Waals surface area contributed by atoms with Crippen molar-refractivity contribution >= 4 is 22.5 Å². The second kappa shape index (κ2) is 11.9. The average Bonchev–Trinajstić information content (AvgIpc) is 3.66. The summed E-state index contributed by atoms with van der Waals surface area (Å²) in [6, 6.07) is 7.16. The average molecular weight is 512 g/mol. The van der Waals surface area contributed by atoms with Crippen molar-refractivity contribution in [3.8, 4) is 17.0 Å². The number of piperidine rings is 1. The molecule has 3 aliphatic rings. The van der Waals surface area contributed by atoms with E-state index in [1.165, 1.54) is 68.6 Å². The van der Waals surface area contributed by atoms with E-state index < -0.39 is 0 Å². The maximum absolute atomic E-state index is 13.0. The number of unbranched alkanes of at least 4 members (excludes halogenated alkanes) is 1. The zero-order valence-electron chi connectivity index (χ0n) is 21.9. The number of aryl methyl sites for hydroxylation is 1. The number of benzene rings is 1. The number of urea groups is 1. The first kappa shape index (κ1) is 25.5. The van der Waals surface area contributed by atoms with E-state index in [9.17, 15) is 4.79 Å². The van der Waals surface area contributed by atoms with Crippen molar-refractivity contribution in [2.75, 3.05) is 58.2 Å². The number of aromatic nitrogens is 1. The fourth-order valence-corrected chi connectivity index (χ4v) is 6.33. The number of likely N-dealkylation sites (tertiary alicyclic amines) is 1. The third-order valence-electron chi connectivity index (χ3n) is 7.87. The van der Waals surface area contributed by atoms with Crippen LogP contribution in [0.5, 0.6) is 5.75 Å². The molecule has 1 N–H and O–H groups in total. The number of nitrogens with one attached hydrogen (secondary N) is 1. The molecule has 2 aromatic rings. The molecule has 8 heteroatoms. The maximum Gasteiger partial charge on any atom is 0.323 e. The second-order valence-corrected chi connectivity index (χ2v) is 11.5. The predicted octanol–water partition coefficient (Wildman–Crippen LogP) is 5.19. The monoisotopic (exact) mass is 511 g/mol. The summed E-state index contributed by atoms with van der Waals surface area (Å²) in [5.41, 5.74) is 3.13. The first-order chi connectivity index (χ1) is 17.6. The highest BCUT2D eigenvalue weighted by molar-refractivity contribution is 7.14. The Kier molecular flexibility index (Phi) is 8.44. The molecule has 3 heterocycles. The molecular weight excluding hydrogens is 470 g/mol. The standard InChI is InChI=1S/C28H41N5O2S/c1-3-4-6-21-8-11-26(35-2)24(17-21)25-20-36-27(29-25)30-28(34)32-15-13-31(14-16-32)18-22-7-5-12-33(19-22)23-9-10-23/h8,11,17,20,22-23H,3-7,9-10,12-16,18-19H2,1-2H3,(H,29,30,34)/t22-/m0/s1. The molecule has 5 rings (SSSR count). The molecule has 2 amide bonds. The minimum atomic E-state index is -0.0446. The number of piperazine rings is 1. The Morgan fingerprint density at radius 1 is 1.17 bits per heavy atom. The van der Waals surface area contributed by atoms with Crippen LogP contribution in [0.4, 0.5) is 9.93 Å². The van der Waals surface area contributed by atoms with Gasteiger partial charge in [-0.15, -0.1) is 11.3 Å². The van der Waals surface area contributed by atoms with Crippen molar-refractivity contribution in [1.29, 1.82) is 0 Å². The summed E-state index contributed by atoms with van der Waals surface area (Å²) in [7, 11) is 1.69. The van der Waals surface area contributed by atoms with E-state index in [1.54, 1.807) is 7.11 Å². The summed E-state index contributed by atoms with van der Waals surface area (Å²) in [6.45, 7) is 9.41. The van der Waals surface area contributed by atoms with Gasteiger partial charge in [-0.1, -0.05) is 19.4 Å². The lowest BCUT2D eigenvalue weighted by Gasteiger charge is -2.39. The van der Waals surface area contributed by atoms with Crippen molar-refractivity contribution in [3.05, 3.63) is 29.1 Å². The van der Waals surface area contributed by atoms with Crippen LogP contribution < -0.4 is 10.1 Å². The van der Waals surface area contributed by atoms with Crippen LogP contribution in [-0.2, 0) is 6.42 Å². The van der Waals surface area contributed by atoms with Gasteiger partial charge in [0.25, 0.3) is 0 Å². The van der Waals surface area contributed by atoms with Crippen LogP contribution in [0.2, 0.25) is 0 Å². The van der Waals surface area contributed by atoms with Gasteiger partial charge in [0.15, 0.2) is 5.13 Å². The number of hydrogen-bond acceptors (Lipinski definition) is 6. The van der Waals surface area contributed by atoms with Crippen LogP contribution in [0.25, 0.3) is 11.3 Å². The van der Waals surface area contributed by atoms with Crippen LogP contribution in [0, 0.1) is 5.92 Å². The minimum Gasteiger partial charge on any atom is -0.496 e. The number of ether oxygens (including phenoxy) is 1. The quantitative estimate of drug-likeness (QED) is 0.502. The summed E-state index contributed by atoms with van der Waals surface area (Å²) < 4.78 is 5.59. The number of rotatable bonds is 9. The fourth-order valence-electron chi connectivity index (χ4n) is 5.63. The number of nitrogens with zero attached hydrogens (tertiary/aromatic N) is 4. The van der Waals surface area contributed by atoms with Crippen molar-refractivity contribution in [3.63, 3.8) is 0 Å². The van der Waals surface area contributed by atoms with Gasteiger partial charge in [-0.05, 0) is 68.7 Å². The molecule has 7 nitrogen and oxygen atoms in total. The van der Waals surface area contributed by atoms with E-state index in [1.807, 2.05) is 16.3 Å². The van der Waals surface area contributed by atoms with Gasteiger partial charge in [0.2, 0.25) is 0 Å². The Bertz CT molecular complexity index is 1020. The normalized spacial score (nSPS) is 21.5. The second-order valence-electron chi connectivity index (χ2n) is 10.6. The van der Waals surface area contributed by atoms with Gasteiger partial charge in [0.05, 0.1) is 12.8 Å². The molecule has 2 aliphatic heterocycles. The van der Waals surface area contributed by atoms with Gasteiger partial charge in [-0.3, -0.25) is 10.2 Å². The highest BCUT2D eigenvalue weighted by atomic mass is 32.1. The summed E-state index contributed by atoms with van der Waals surface area (Å²) in [5, 5.41) is 5.68. The zero-order chi connectivity index (χ0) is 24.9. The number of hydrogen-bond donors (Lipinski definition) is 1. The highest BCUT2D eigenvalue weighted by Crippen LogP contribution is 2.34. The topological polar surface area (TPSA) is 60.9 Å². The van der Waals surface area contributed by atoms with E-state index in [0.29, 0.717) is 5.13 Å². The maximum atomic E-state index is 13.0. The molecule has 1 atom stereocenters. The zero-order valence-corrected chi connectivity index (χ0v) is 22.7. The van der Waals surface area contributed by atoms with Gasteiger partial charge >= 0.3 is 6.03 Å². The van der Waals surface area contributed by atoms with Gasteiger partial charge < -0.3 is 14.5 Å². The molecule has 36 heavy (non-hydrogen) atoms. The molecular formula is C28H41N5O2S. The first-order valence-corrected chi connectivity index (χ1v) is 14.7. The molecule has 2 saturated heterocycles. The smallest absolute Gasteiger partial charge is 0.323 e. The van der Waals surface area contributed by atoms with Crippen LogP contribution in [0.3, 0.4) is 0 Å². The summed E-state index contributed by atoms with van der Waals surface area (Å²) in [5.74, 6) is 1.60. The number of carbonyl (C=O) groups excluding carboxylic acids is 1. The Morgan fingerprint density at radius 3 is 2.75 bits per heavy atom. The van der Waals surface area contributed by atoms with E-state index in [-0.39, 0.29) is 6.03 Å². The number of amides is 2. The van der Waals surface area contributed by atoms with E-state index in [2.05, 4.69) is 34.2 Å². The molecule has 1 aromatic heterocycles. The van der Waals surface area contributed by atoms with Crippen molar-refractivity contribution in [1.82, 2.24) is 19.7 Å². The van der Waals surface area contributed by atoms with Crippen LogP contribution >= 0.6 is 11.3 Å². The molecule has 1 saturated carbocycles. The van der Waals surface area contributed by atoms with Gasteiger partial charge in [-0.25, -0.2) is 9.78 Å². The minimum absolute atomic E-state index is 0.0446. The lowest BCUT2D eigenvalue weighted by Crippen LogP contribution is -2.52. The molecule has 0 radical (unpaired) electrons. The predicted molar refractivity (Wildman–Crippen MR) is 147 cm³/mol. The molecule has 0 bridgehead atoms. The lowest BCUT2D eigenvalue weighted by molar-refractivity contribution is 0.0982. The fraction of sp³-hybridized carbons (Fsp3) is 0.643. The number of carbonyl (C=O) groups is 1. The van der Waals surface area contributed by atoms with Crippen LogP contribution in [-0.4, -0.2) is 84.7 Å². The van der Waals surface area contributed by atoms with E-state index in [0.717, 1.165) is 68.0 Å². The Morgan fingerprint density at radius 2 is 2.00 bits per heavy atom. The number of thiazole rings is 1. The van der Waals surface area contributed by atoms with E-state index in [4.69, 9.17) is 9.72 Å². The van der Waals surface area contributed by atoms with Gasteiger partial charge in [0, 0.05) is 56.3 Å². The Labute approximate surface area is 219 Å². The van der Waals surface area contributed by atoms with E-state index >= 15 is 0 Å². The number of anilines is 1. The van der Waals surface area contributed by atoms with Gasteiger partial charge in [0.1, 0.15) is 5.75 Å². The van der Waals surface area contributed by atoms with Crippen LogP contribution in [0.1, 0.15) is 51.0 Å². The van der Waals surface area contributed by atoms with Crippen molar-refractivity contribution in [2.45, 2.75) is 57.9 Å². The van der Waals surface area contributed by atoms with Crippen molar-refractivity contribution in [2.24, 2.45) is 5.92 Å². The van der Waals surface area contributed by atoms with Crippen molar-refractivity contribution < 1.29 is 9.53 Å². The Hall–Kier alpha value is -2.16. The Balaban J connectivity index is 1.12. The third-order valence-corrected chi connectivity index (χ3v) is 8.62. The third kappa shape index (κ3) is 6.39. The van der Waals surface area contributed by atoms with Crippen LogP contribution in [0.15, 0.2) is 23.6 Å². The SMILES string of the molecule is CCCCc1ccc(OC)c(-c2csc(NC(=O)N3CCN(C[C@@H]4CCCN(C5CC5)C4)CC3)n2)c1. The molecule has 1 aliphatic carbocycles. The molecule has 0 unspecified atom stereocenters. The molecule has 3 fully saturated rings. The first-order valence-electron chi connectivity index (χ1n) is 13.8. The molecule has 0 spiro atoms.